The van der Waals surface area contributed by atoms with Crippen molar-refractivity contribution in [3.05, 3.63) is 52.6 Å². The molecule has 1 unspecified atom stereocenters. The highest BCUT2D eigenvalue weighted by Crippen LogP contribution is 2.44. The quantitative estimate of drug-likeness (QED) is 0.757. The third-order valence-corrected chi connectivity index (χ3v) is 4.56. The molecule has 0 aliphatic rings. The lowest BCUT2D eigenvalue weighted by Gasteiger charge is -2.22. The summed E-state index contributed by atoms with van der Waals surface area (Å²) in [5, 5.41) is 0. The highest BCUT2D eigenvalue weighted by molar-refractivity contribution is 5.96. The first-order valence-electron chi connectivity index (χ1n) is 8.44. The van der Waals surface area contributed by atoms with Crippen LogP contribution >= 0.6 is 0 Å². The van der Waals surface area contributed by atoms with Gasteiger partial charge in [-0.2, -0.15) is 0 Å². The number of hydrogen-bond donors (Lipinski definition) is 1. The zero-order valence-corrected chi connectivity index (χ0v) is 15.8. The average molecular weight is 379 g/mol. The van der Waals surface area contributed by atoms with Gasteiger partial charge in [-0.05, 0) is 42.5 Å². The third kappa shape index (κ3) is 4.13. The van der Waals surface area contributed by atoms with Gasteiger partial charge in [-0.25, -0.2) is 8.78 Å². The van der Waals surface area contributed by atoms with Crippen LogP contribution in [0.4, 0.5) is 8.78 Å². The first kappa shape index (κ1) is 20.5. The van der Waals surface area contributed by atoms with Crippen LogP contribution in [0.2, 0.25) is 0 Å². The maximum atomic E-state index is 13.7. The molecule has 0 heterocycles. The molecule has 1 atom stereocenters. The molecule has 0 aliphatic heterocycles. The van der Waals surface area contributed by atoms with E-state index in [9.17, 15) is 13.6 Å². The van der Waals surface area contributed by atoms with E-state index in [0.29, 0.717) is 41.2 Å². The zero-order valence-electron chi connectivity index (χ0n) is 15.8. The number of amides is 1. The van der Waals surface area contributed by atoms with E-state index in [1.54, 1.807) is 0 Å². The number of carbonyl (C=O) groups excluding carboxylic acids is 1. The van der Waals surface area contributed by atoms with Gasteiger partial charge < -0.3 is 19.9 Å². The Kier molecular flexibility index (Phi) is 6.60. The fourth-order valence-electron chi connectivity index (χ4n) is 3.15. The molecule has 146 valence electrons. The molecule has 0 saturated carbocycles. The first-order valence-corrected chi connectivity index (χ1v) is 8.44. The van der Waals surface area contributed by atoms with Crippen molar-refractivity contribution in [1.82, 2.24) is 0 Å². The third-order valence-electron chi connectivity index (χ3n) is 4.56. The minimum atomic E-state index is -0.916. The zero-order chi connectivity index (χ0) is 20.1. The summed E-state index contributed by atoms with van der Waals surface area (Å²) in [5.41, 5.74) is 6.92. The number of rotatable bonds is 8. The lowest BCUT2D eigenvalue weighted by atomic mass is 9.87. The maximum Gasteiger partial charge on any atom is 0.249 e. The van der Waals surface area contributed by atoms with Crippen LogP contribution in [0.5, 0.6) is 17.2 Å². The van der Waals surface area contributed by atoms with Crippen LogP contribution < -0.4 is 19.9 Å². The molecule has 1 amide bonds. The topological polar surface area (TPSA) is 70.8 Å². The molecule has 2 rings (SSSR count). The molecule has 5 nitrogen and oxygen atoms in total. The van der Waals surface area contributed by atoms with Gasteiger partial charge in [0, 0.05) is 11.1 Å². The molecule has 27 heavy (non-hydrogen) atoms. The molecule has 7 heteroatoms. The van der Waals surface area contributed by atoms with Gasteiger partial charge in [-0.15, -0.1) is 0 Å². The summed E-state index contributed by atoms with van der Waals surface area (Å²) in [7, 11) is 4.35. The SMILES string of the molecule is CCC(Cc1c(C(N)=O)cc(OC)c(OC)c1OC)c1ccc(F)c(F)c1. The molecule has 0 saturated heterocycles. The van der Waals surface area contributed by atoms with Crippen molar-refractivity contribution < 1.29 is 27.8 Å². The standard InChI is InChI=1S/C20H23F2NO4/c1-5-11(12-6-7-15(21)16(22)9-12)8-13-14(20(23)24)10-17(25-2)19(27-4)18(13)26-3/h6-7,9-11H,5,8H2,1-4H3,(H2,23,24). The van der Waals surface area contributed by atoms with E-state index in [4.69, 9.17) is 19.9 Å². The van der Waals surface area contributed by atoms with E-state index in [1.807, 2.05) is 6.92 Å². The highest BCUT2D eigenvalue weighted by Gasteiger charge is 2.25. The molecule has 0 bridgehead atoms. The van der Waals surface area contributed by atoms with E-state index in [1.165, 1.54) is 39.5 Å². The molecule has 2 aromatic carbocycles. The number of ether oxygens (including phenoxy) is 3. The highest BCUT2D eigenvalue weighted by atomic mass is 19.2. The number of benzene rings is 2. The molecular weight excluding hydrogens is 356 g/mol. The van der Waals surface area contributed by atoms with Crippen LogP contribution in [0.25, 0.3) is 0 Å². The van der Waals surface area contributed by atoms with Gasteiger partial charge in [0.2, 0.25) is 11.7 Å². The van der Waals surface area contributed by atoms with Gasteiger partial charge in [0.25, 0.3) is 0 Å². The van der Waals surface area contributed by atoms with Crippen molar-refractivity contribution in [3.63, 3.8) is 0 Å². The molecule has 0 radical (unpaired) electrons. The largest absolute Gasteiger partial charge is 0.493 e. The van der Waals surface area contributed by atoms with Gasteiger partial charge in [0.05, 0.1) is 21.3 Å². The first-order chi connectivity index (χ1) is 12.9. The van der Waals surface area contributed by atoms with Gasteiger partial charge >= 0.3 is 0 Å². The number of carbonyl (C=O) groups is 1. The van der Waals surface area contributed by atoms with Crippen molar-refractivity contribution in [2.45, 2.75) is 25.7 Å². The molecular formula is C20H23F2NO4. The van der Waals surface area contributed by atoms with E-state index in [2.05, 4.69) is 0 Å². The molecule has 0 fully saturated rings. The number of primary amides is 1. The Balaban J connectivity index is 2.60. The minimum absolute atomic E-state index is 0.190. The molecule has 2 N–H and O–H groups in total. The smallest absolute Gasteiger partial charge is 0.249 e. The Labute approximate surface area is 157 Å². The monoisotopic (exact) mass is 379 g/mol. The van der Waals surface area contributed by atoms with Crippen LogP contribution in [-0.4, -0.2) is 27.2 Å². The summed E-state index contributed by atoms with van der Waals surface area (Å²) >= 11 is 0. The van der Waals surface area contributed by atoms with Gasteiger partial charge in [0.15, 0.2) is 23.1 Å². The maximum absolute atomic E-state index is 13.7. The van der Waals surface area contributed by atoms with E-state index < -0.39 is 17.5 Å². The lowest BCUT2D eigenvalue weighted by molar-refractivity contribution is 0.0998. The minimum Gasteiger partial charge on any atom is -0.493 e. The van der Waals surface area contributed by atoms with Gasteiger partial charge in [-0.3, -0.25) is 4.79 Å². The molecule has 2 aromatic rings. The lowest BCUT2D eigenvalue weighted by Crippen LogP contribution is -2.17. The molecule has 0 spiro atoms. The predicted molar refractivity (Wildman–Crippen MR) is 97.7 cm³/mol. The number of halogens is 2. The second kappa shape index (κ2) is 8.70. The molecule has 0 aromatic heterocycles. The van der Waals surface area contributed by atoms with Gasteiger partial charge in [0.1, 0.15) is 0 Å². The Morgan fingerprint density at radius 3 is 2.19 bits per heavy atom. The van der Waals surface area contributed by atoms with Crippen LogP contribution in [-0.2, 0) is 6.42 Å². The number of methoxy groups -OCH3 is 3. The van der Waals surface area contributed by atoms with Crippen LogP contribution in [0.1, 0.15) is 40.7 Å². The Hall–Kier alpha value is -2.83. The Morgan fingerprint density at radius 1 is 1.04 bits per heavy atom. The number of nitrogens with two attached hydrogens (primary N) is 1. The van der Waals surface area contributed by atoms with E-state index >= 15 is 0 Å². The summed E-state index contributed by atoms with van der Waals surface area (Å²) in [4.78, 5) is 12.0. The fourth-order valence-corrected chi connectivity index (χ4v) is 3.15. The average Bonchev–Trinajstić information content (AvgIpc) is 2.66. The summed E-state index contributed by atoms with van der Waals surface area (Å²) < 4.78 is 43.1. The second-order valence-electron chi connectivity index (χ2n) is 6.02. The van der Waals surface area contributed by atoms with Crippen LogP contribution in [0, 0.1) is 11.6 Å². The van der Waals surface area contributed by atoms with Crippen molar-refractivity contribution in [3.8, 4) is 17.2 Å². The molecule has 0 aliphatic carbocycles. The Bertz CT molecular complexity index is 839. The van der Waals surface area contributed by atoms with E-state index in [-0.39, 0.29) is 11.5 Å². The number of hydrogen-bond acceptors (Lipinski definition) is 4. The Morgan fingerprint density at radius 2 is 1.70 bits per heavy atom. The summed E-state index contributed by atoms with van der Waals surface area (Å²) in [6.45, 7) is 1.92. The van der Waals surface area contributed by atoms with Crippen LogP contribution in [0.3, 0.4) is 0 Å². The normalized spacial score (nSPS) is 11.8. The van der Waals surface area contributed by atoms with Gasteiger partial charge in [-0.1, -0.05) is 13.0 Å². The summed E-state index contributed by atoms with van der Waals surface area (Å²) in [5.74, 6) is -1.69. The fraction of sp³-hybridized carbons (Fsp3) is 0.350. The summed E-state index contributed by atoms with van der Waals surface area (Å²) in [6.07, 6.45) is 0.949. The van der Waals surface area contributed by atoms with E-state index in [0.717, 1.165) is 6.07 Å². The second-order valence-corrected chi connectivity index (χ2v) is 6.02. The van der Waals surface area contributed by atoms with Crippen molar-refractivity contribution in [1.29, 1.82) is 0 Å². The van der Waals surface area contributed by atoms with Crippen molar-refractivity contribution >= 4 is 5.91 Å². The van der Waals surface area contributed by atoms with Crippen LogP contribution in [0.15, 0.2) is 24.3 Å². The van der Waals surface area contributed by atoms with Crippen molar-refractivity contribution in [2.75, 3.05) is 21.3 Å². The van der Waals surface area contributed by atoms with Crippen molar-refractivity contribution in [2.24, 2.45) is 5.73 Å². The predicted octanol–water partition coefficient (Wildman–Crippen LogP) is 3.83. The summed E-state index contributed by atoms with van der Waals surface area (Å²) in [6, 6.07) is 5.29.